The summed E-state index contributed by atoms with van der Waals surface area (Å²) in [6.45, 7) is 7.04. The molecule has 0 radical (unpaired) electrons. The van der Waals surface area contributed by atoms with Gasteiger partial charge in [-0.1, -0.05) is 44.2 Å². The lowest BCUT2D eigenvalue weighted by Crippen LogP contribution is -2.07. The van der Waals surface area contributed by atoms with Gasteiger partial charge in [-0.05, 0) is 65.9 Å². The highest BCUT2D eigenvalue weighted by Gasteiger charge is 2.06. The molecule has 0 heterocycles. The van der Waals surface area contributed by atoms with E-state index >= 15 is 0 Å². The highest BCUT2D eigenvalue weighted by atomic mass is 16.1. The summed E-state index contributed by atoms with van der Waals surface area (Å²) in [4.78, 5) is 10.9. The van der Waals surface area contributed by atoms with Crippen LogP contribution in [-0.4, -0.2) is 12.3 Å². The minimum atomic E-state index is 0.276. The number of unbranched alkanes of at least 4 members (excludes halogenated alkanes) is 1. The largest absolute Gasteiger partial charge is 0.391 e. The Hall–Kier alpha value is -2.09. The summed E-state index contributed by atoms with van der Waals surface area (Å²) >= 11 is 0. The van der Waals surface area contributed by atoms with E-state index in [2.05, 4.69) is 61.6 Å². The highest BCUT2D eigenvalue weighted by molar-refractivity contribution is 5.88. The summed E-state index contributed by atoms with van der Waals surface area (Å²) in [7, 11) is 0. The number of hydrogen-bond donors (Lipinski definition) is 1. The average Bonchev–Trinajstić information content (AvgIpc) is 2.52. The fourth-order valence-electron chi connectivity index (χ4n) is 2.78. The van der Waals surface area contributed by atoms with Gasteiger partial charge in [-0.25, -0.2) is 0 Å². The molecular formula is C21H27NO. The number of carbonyl (C=O) groups excluding carboxylic acids is 1. The number of nitrogens with one attached hydrogen (secondary N) is 1. The first kappa shape index (κ1) is 17.3. The number of benzene rings is 2. The SMILES string of the molecule is CC(=O)CCCCN/C=C/c1cc(C(C)C)c2ccccc2c1. The van der Waals surface area contributed by atoms with Crippen LogP contribution < -0.4 is 5.32 Å². The summed E-state index contributed by atoms with van der Waals surface area (Å²) < 4.78 is 0. The standard InChI is InChI=1S/C21H27NO/c1-16(2)21-15-18(14-19-9-4-5-10-20(19)21)11-13-22-12-7-6-8-17(3)23/h4-5,9-11,13-16,22H,6-8,12H2,1-3H3/b13-11+. The quantitative estimate of drug-likeness (QED) is 0.672. The first-order valence-corrected chi connectivity index (χ1v) is 8.50. The van der Waals surface area contributed by atoms with Crippen LogP contribution in [0.15, 0.2) is 42.6 Å². The minimum absolute atomic E-state index is 0.276. The van der Waals surface area contributed by atoms with Crippen LogP contribution in [0.3, 0.4) is 0 Å². The molecule has 1 N–H and O–H groups in total. The maximum absolute atomic E-state index is 10.9. The first-order valence-electron chi connectivity index (χ1n) is 8.50. The van der Waals surface area contributed by atoms with E-state index in [1.54, 1.807) is 6.92 Å². The molecular weight excluding hydrogens is 282 g/mol. The van der Waals surface area contributed by atoms with E-state index in [4.69, 9.17) is 0 Å². The Morgan fingerprint density at radius 1 is 1.17 bits per heavy atom. The lowest BCUT2D eigenvalue weighted by atomic mass is 9.93. The lowest BCUT2D eigenvalue weighted by Gasteiger charge is -2.11. The van der Waals surface area contributed by atoms with Crippen molar-refractivity contribution in [2.24, 2.45) is 0 Å². The molecule has 2 rings (SSSR count). The van der Waals surface area contributed by atoms with E-state index < -0.39 is 0 Å². The summed E-state index contributed by atoms with van der Waals surface area (Å²) in [6, 6.07) is 13.1. The van der Waals surface area contributed by atoms with Gasteiger partial charge in [-0.2, -0.15) is 0 Å². The van der Waals surface area contributed by atoms with Gasteiger partial charge in [0.1, 0.15) is 5.78 Å². The third kappa shape index (κ3) is 5.24. The average molecular weight is 309 g/mol. The minimum Gasteiger partial charge on any atom is -0.391 e. The van der Waals surface area contributed by atoms with E-state index in [1.807, 2.05) is 6.20 Å². The van der Waals surface area contributed by atoms with E-state index in [9.17, 15) is 4.79 Å². The van der Waals surface area contributed by atoms with E-state index in [0.29, 0.717) is 12.3 Å². The van der Waals surface area contributed by atoms with E-state index in [-0.39, 0.29) is 5.78 Å². The van der Waals surface area contributed by atoms with Crippen molar-refractivity contribution in [3.05, 3.63) is 53.7 Å². The topological polar surface area (TPSA) is 29.1 Å². The van der Waals surface area contributed by atoms with Crippen LogP contribution in [0.4, 0.5) is 0 Å². The van der Waals surface area contributed by atoms with Crippen LogP contribution in [-0.2, 0) is 4.79 Å². The number of hydrogen-bond acceptors (Lipinski definition) is 2. The molecule has 0 amide bonds. The molecule has 0 atom stereocenters. The zero-order valence-corrected chi connectivity index (χ0v) is 14.4. The molecule has 0 spiro atoms. The zero-order valence-electron chi connectivity index (χ0n) is 14.4. The van der Waals surface area contributed by atoms with Gasteiger partial charge < -0.3 is 10.1 Å². The van der Waals surface area contributed by atoms with Crippen molar-refractivity contribution in [3.63, 3.8) is 0 Å². The van der Waals surface area contributed by atoms with Crippen molar-refractivity contribution >= 4 is 22.6 Å². The third-order valence-electron chi connectivity index (χ3n) is 4.03. The van der Waals surface area contributed by atoms with Gasteiger partial charge in [0.15, 0.2) is 0 Å². The number of Topliss-reactive ketones (excluding diaryl/α,β-unsaturated/α-hetero) is 1. The summed E-state index contributed by atoms with van der Waals surface area (Å²) in [5.41, 5.74) is 2.62. The molecule has 0 aliphatic rings. The molecule has 2 nitrogen and oxygen atoms in total. The van der Waals surface area contributed by atoms with Gasteiger partial charge in [0.2, 0.25) is 0 Å². The fourth-order valence-corrected chi connectivity index (χ4v) is 2.78. The second-order valence-corrected chi connectivity index (χ2v) is 6.43. The molecule has 0 saturated heterocycles. The number of rotatable bonds is 8. The molecule has 0 aliphatic carbocycles. The van der Waals surface area contributed by atoms with Crippen LogP contribution >= 0.6 is 0 Å². The Morgan fingerprint density at radius 2 is 1.96 bits per heavy atom. The van der Waals surface area contributed by atoms with Gasteiger partial charge in [-0.3, -0.25) is 0 Å². The van der Waals surface area contributed by atoms with Crippen molar-refractivity contribution in [3.8, 4) is 0 Å². The molecule has 2 heteroatoms. The molecule has 122 valence electrons. The third-order valence-corrected chi connectivity index (χ3v) is 4.03. The van der Waals surface area contributed by atoms with E-state index in [1.165, 1.54) is 21.9 Å². The van der Waals surface area contributed by atoms with Gasteiger partial charge in [0.05, 0.1) is 0 Å². The lowest BCUT2D eigenvalue weighted by molar-refractivity contribution is -0.117. The van der Waals surface area contributed by atoms with Crippen LogP contribution in [0.1, 0.15) is 57.1 Å². The Bertz CT molecular complexity index is 685. The Kier molecular flexibility index (Phi) is 6.40. The van der Waals surface area contributed by atoms with Crippen molar-refractivity contribution in [1.82, 2.24) is 5.32 Å². The van der Waals surface area contributed by atoms with Gasteiger partial charge >= 0.3 is 0 Å². The second kappa shape index (κ2) is 8.52. The maximum atomic E-state index is 10.9. The van der Waals surface area contributed by atoms with E-state index in [0.717, 1.165) is 19.4 Å². The van der Waals surface area contributed by atoms with Gasteiger partial charge in [0.25, 0.3) is 0 Å². The molecule has 0 aromatic heterocycles. The summed E-state index contributed by atoms with van der Waals surface area (Å²) in [5, 5.41) is 5.95. The Morgan fingerprint density at radius 3 is 2.70 bits per heavy atom. The van der Waals surface area contributed by atoms with Gasteiger partial charge in [0, 0.05) is 13.0 Å². The predicted octanol–water partition coefficient (Wildman–Crippen LogP) is 5.28. The van der Waals surface area contributed by atoms with Crippen molar-refractivity contribution in [1.29, 1.82) is 0 Å². The molecule has 0 fully saturated rings. The van der Waals surface area contributed by atoms with Gasteiger partial charge in [-0.15, -0.1) is 0 Å². The van der Waals surface area contributed by atoms with Crippen molar-refractivity contribution in [2.75, 3.05) is 6.54 Å². The molecule has 0 aliphatic heterocycles. The first-order chi connectivity index (χ1) is 11.1. The number of carbonyl (C=O) groups is 1. The second-order valence-electron chi connectivity index (χ2n) is 6.43. The normalized spacial score (nSPS) is 11.5. The fraction of sp³-hybridized carbons (Fsp3) is 0.381. The Balaban J connectivity index is 2.00. The molecule has 2 aromatic rings. The molecule has 23 heavy (non-hydrogen) atoms. The Labute approximate surface area is 139 Å². The zero-order chi connectivity index (χ0) is 16.7. The van der Waals surface area contributed by atoms with Crippen LogP contribution in [0.25, 0.3) is 16.8 Å². The summed E-state index contributed by atoms with van der Waals surface area (Å²) in [6.07, 6.45) is 6.82. The van der Waals surface area contributed by atoms with Crippen LogP contribution in [0.2, 0.25) is 0 Å². The number of ketones is 1. The monoisotopic (exact) mass is 309 g/mol. The highest BCUT2D eigenvalue weighted by Crippen LogP contribution is 2.27. The molecule has 2 aromatic carbocycles. The van der Waals surface area contributed by atoms with Crippen molar-refractivity contribution in [2.45, 2.75) is 46.0 Å². The predicted molar refractivity (Wildman–Crippen MR) is 99.6 cm³/mol. The van der Waals surface area contributed by atoms with Crippen LogP contribution in [0.5, 0.6) is 0 Å². The smallest absolute Gasteiger partial charge is 0.129 e. The summed E-state index contributed by atoms with van der Waals surface area (Å²) in [5.74, 6) is 0.783. The molecule has 0 bridgehead atoms. The molecule has 0 saturated carbocycles. The molecule has 0 unspecified atom stereocenters. The number of fused-ring (bicyclic) bond motifs is 1. The van der Waals surface area contributed by atoms with Crippen molar-refractivity contribution < 1.29 is 4.79 Å². The maximum Gasteiger partial charge on any atom is 0.129 e. The van der Waals surface area contributed by atoms with Crippen LogP contribution in [0, 0.1) is 0 Å².